The third kappa shape index (κ3) is 8.24. The number of alkyl halides is 2. The summed E-state index contributed by atoms with van der Waals surface area (Å²) in [7, 11) is 0. The maximum absolute atomic E-state index is 12.5. The minimum atomic E-state index is -1.03. The van der Waals surface area contributed by atoms with Crippen LogP contribution >= 0.6 is 23.2 Å². The van der Waals surface area contributed by atoms with Crippen LogP contribution in [0.5, 0.6) is 0 Å². The van der Waals surface area contributed by atoms with E-state index >= 15 is 0 Å². The van der Waals surface area contributed by atoms with Gasteiger partial charge in [0.15, 0.2) is 0 Å². The second-order valence-corrected chi connectivity index (χ2v) is 8.73. The van der Waals surface area contributed by atoms with Crippen molar-refractivity contribution in [2.45, 2.75) is 38.8 Å². The highest BCUT2D eigenvalue weighted by Crippen LogP contribution is 2.25. The monoisotopic (exact) mass is 480 g/mol. The second kappa shape index (κ2) is 12.6. The zero-order valence-electron chi connectivity index (χ0n) is 18.4. The van der Waals surface area contributed by atoms with Gasteiger partial charge in [0.25, 0.3) is 0 Å². The van der Waals surface area contributed by atoms with Crippen LogP contribution in [0.4, 0.5) is 10.5 Å². The molecular weight excluding hydrogens is 451 g/mol. The first-order valence-corrected chi connectivity index (χ1v) is 11.5. The first-order chi connectivity index (χ1) is 15.3. The molecule has 1 atom stereocenters. The number of benzene rings is 2. The molecule has 0 saturated heterocycles. The van der Waals surface area contributed by atoms with Gasteiger partial charge in [-0.2, -0.15) is 0 Å². The average molecular weight is 481 g/mol. The average Bonchev–Trinajstić information content (AvgIpc) is 2.74. The second-order valence-electron chi connectivity index (χ2n) is 7.97. The van der Waals surface area contributed by atoms with Crippen LogP contribution in [0.1, 0.15) is 30.0 Å². The number of nitrogens with one attached hydrogen (secondary N) is 1. The van der Waals surface area contributed by atoms with Crippen LogP contribution in [0.2, 0.25) is 0 Å². The smallest absolute Gasteiger partial charge is 0.407 e. The molecule has 0 aliphatic rings. The standard InChI is InChI=1S/C24H30Cl2N2O4/c1-18-8-9-21(28(12-10-25)13-11-26)14-20(18)15-24(2,16-22(29)30)27-23(31)32-17-19-6-4-3-5-7-19/h3-9,14H,10-13,15-17H2,1-2H3,(H,27,31)(H,29,30). The van der Waals surface area contributed by atoms with Crippen molar-refractivity contribution in [2.75, 3.05) is 29.7 Å². The quantitative estimate of drug-likeness (QED) is 0.418. The summed E-state index contributed by atoms with van der Waals surface area (Å²) >= 11 is 11.9. The number of amides is 1. The summed E-state index contributed by atoms with van der Waals surface area (Å²) in [5, 5.41) is 12.2. The summed E-state index contributed by atoms with van der Waals surface area (Å²) in [6.07, 6.45) is -0.573. The third-order valence-corrected chi connectivity index (χ3v) is 5.48. The number of ether oxygens (including phenoxy) is 1. The molecule has 0 aliphatic carbocycles. The highest BCUT2D eigenvalue weighted by atomic mass is 35.5. The molecule has 0 fully saturated rings. The third-order valence-electron chi connectivity index (χ3n) is 5.15. The number of halogens is 2. The molecule has 0 aliphatic heterocycles. The van der Waals surface area contributed by atoms with Crippen LogP contribution in [0.3, 0.4) is 0 Å². The van der Waals surface area contributed by atoms with E-state index in [1.54, 1.807) is 6.92 Å². The largest absolute Gasteiger partial charge is 0.481 e. The molecule has 2 N–H and O–H groups in total. The molecule has 0 saturated carbocycles. The van der Waals surface area contributed by atoms with Crippen LogP contribution < -0.4 is 10.2 Å². The van der Waals surface area contributed by atoms with Gasteiger partial charge in [-0.1, -0.05) is 36.4 Å². The summed E-state index contributed by atoms with van der Waals surface area (Å²) in [5.74, 6) is -0.0762. The molecule has 0 bridgehead atoms. The molecule has 6 nitrogen and oxygen atoms in total. The molecule has 0 radical (unpaired) electrons. The zero-order valence-corrected chi connectivity index (χ0v) is 20.0. The van der Waals surface area contributed by atoms with Gasteiger partial charge in [-0.25, -0.2) is 4.79 Å². The maximum atomic E-state index is 12.5. The van der Waals surface area contributed by atoms with Gasteiger partial charge >= 0.3 is 12.1 Å². The van der Waals surface area contributed by atoms with Crippen LogP contribution in [-0.2, 0) is 22.6 Å². The summed E-state index contributed by atoms with van der Waals surface area (Å²) in [6, 6.07) is 15.3. The van der Waals surface area contributed by atoms with E-state index in [0.717, 1.165) is 22.4 Å². The van der Waals surface area contributed by atoms with Crippen LogP contribution in [-0.4, -0.2) is 47.6 Å². The van der Waals surface area contributed by atoms with Crippen molar-refractivity contribution in [2.24, 2.45) is 0 Å². The molecule has 0 heterocycles. The highest BCUT2D eigenvalue weighted by molar-refractivity contribution is 6.18. The fourth-order valence-electron chi connectivity index (χ4n) is 3.53. The minimum absolute atomic E-state index is 0.107. The van der Waals surface area contributed by atoms with E-state index in [1.165, 1.54) is 0 Å². The normalized spacial score (nSPS) is 12.6. The van der Waals surface area contributed by atoms with Crippen LogP contribution in [0.15, 0.2) is 48.5 Å². The lowest BCUT2D eigenvalue weighted by Gasteiger charge is -2.31. The van der Waals surface area contributed by atoms with Gasteiger partial charge < -0.3 is 20.1 Å². The van der Waals surface area contributed by atoms with E-state index in [2.05, 4.69) is 10.2 Å². The van der Waals surface area contributed by atoms with E-state index in [-0.39, 0.29) is 13.0 Å². The van der Waals surface area contributed by atoms with Gasteiger partial charge in [-0.05, 0) is 49.1 Å². The minimum Gasteiger partial charge on any atom is -0.481 e. The van der Waals surface area contributed by atoms with E-state index in [0.29, 0.717) is 31.3 Å². The molecule has 0 spiro atoms. The lowest BCUT2D eigenvalue weighted by molar-refractivity contribution is -0.138. The Morgan fingerprint density at radius 2 is 1.75 bits per heavy atom. The van der Waals surface area contributed by atoms with Gasteiger partial charge in [-0.15, -0.1) is 23.2 Å². The Kier molecular flexibility index (Phi) is 10.1. The van der Waals surface area contributed by atoms with Crippen molar-refractivity contribution >= 4 is 41.0 Å². The Labute approximate surface area is 199 Å². The fraction of sp³-hybridized carbons (Fsp3) is 0.417. The van der Waals surface area contributed by atoms with Crippen molar-refractivity contribution in [3.8, 4) is 0 Å². The predicted molar refractivity (Wildman–Crippen MR) is 129 cm³/mol. The van der Waals surface area contributed by atoms with Crippen molar-refractivity contribution in [1.82, 2.24) is 5.32 Å². The Bertz CT molecular complexity index is 889. The number of carbonyl (C=O) groups excluding carboxylic acids is 1. The van der Waals surface area contributed by atoms with E-state index in [9.17, 15) is 14.7 Å². The van der Waals surface area contributed by atoms with Crippen molar-refractivity contribution in [1.29, 1.82) is 0 Å². The van der Waals surface area contributed by atoms with Crippen LogP contribution in [0.25, 0.3) is 0 Å². The van der Waals surface area contributed by atoms with Crippen molar-refractivity contribution < 1.29 is 19.4 Å². The van der Waals surface area contributed by atoms with Crippen molar-refractivity contribution in [3.05, 3.63) is 65.2 Å². The number of carbonyl (C=O) groups is 2. The van der Waals surface area contributed by atoms with Crippen molar-refractivity contribution in [3.63, 3.8) is 0 Å². The number of aliphatic carboxylic acids is 1. The lowest BCUT2D eigenvalue weighted by atomic mass is 9.87. The molecule has 2 aromatic carbocycles. The first kappa shape index (κ1) is 25.8. The molecule has 174 valence electrons. The number of rotatable bonds is 12. The molecule has 0 aromatic heterocycles. The van der Waals surface area contributed by atoms with Crippen LogP contribution in [0, 0.1) is 6.92 Å². The Morgan fingerprint density at radius 1 is 1.09 bits per heavy atom. The van der Waals surface area contributed by atoms with E-state index in [4.69, 9.17) is 27.9 Å². The van der Waals surface area contributed by atoms with Gasteiger partial charge in [0.2, 0.25) is 0 Å². The number of carboxylic acid groups (broad SMARTS) is 1. The first-order valence-electron chi connectivity index (χ1n) is 10.4. The number of carboxylic acids is 1. The van der Waals surface area contributed by atoms with E-state index in [1.807, 2.05) is 55.5 Å². The van der Waals surface area contributed by atoms with Gasteiger partial charge in [0, 0.05) is 30.5 Å². The number of hydrogen-bond donors (Lipinski definition) is 2. The highest BCUT2D eigenvalue weighted by Gasteiger charge is 2.31. The van der Waals surface area contributed by atoms with Gasteiger partial charge in [0.05, 0.1) is 12.0 Å². The van der Waals surface area contributed by atoms with E-state index < -0.39 is 17.6 Å². The Hall–Kier alpha value is -2.44. The molecule has 2 aromatic rings. The molecule has 1 unspecified atom stereocenters. The number of aryl methyl sites for hydroxylation is 1. The number of nitrogens with zero attached hydrogens (tertiary/aromatic N) is 1. The molecule has 2 rings (SSSR count). The summed E-state index contributed by atoms with van der Waals surface area (Å²) < 4.78 is 5.32. The van der Waals surface area contributed by atoms with Gasteiger partial charge in [0.1, 0.15) is 6.61 Å². The summed E-state index contributed by atoms with van der Waals surface area (Å²) in [5.41, 5.74) is 2.71. The molecule has 1 amide bonds. The molecular formula is C24H30Cl2N2O4. The predicted octanol–water partition coefficient (Wildman–Crippen LogP) is 4.98. The maximum Gasteiger partial charge on any atom is 0.407 e. The Morgan fingerprint density at radius 3 is 2.34 bits per heavy atom. The molecule has 32 heavy (non-hydrogen) atoms. The molecule has 8 heteroatoms. The van der Waals surface area contributed by atoms with Gasteiger partial charge in [-0.3, -0.25) is 4.79 Å². The number of anilines is 1. The topological polar surface area (TPSA) is 78.9 Å². The summed E-state index contributed by atoms with van der Waals surface area (Å²) in [6.45, 7) is 5.07. The summed E-state index contributed by atoms with van der Waals surface area (Å²) in [4.78, 5) is 26.1. The number of alkyl carbamates (subject to hydrolysis) is 1. The zero-order chi connectivity index (χ0) is 23.6. The number of hydrogen-bond acceptors (Lipinski definition) is 4. The lowest BCUT2D eigenvalue weighted by Crippen LogP contribution is -2.49. The fourth-order valence-corrected chi connectivity index (χ4v) is 3.94. The Balaban J connectivity index is 2.18. The SMILES string of the molecule is Cc1ccc(N(CCCl)CCCl)cc1CC(C)(CC(=O)O)NC(=O)OCc1ccccc1.